The van der Waals surface area contributed by atoms with Crippen molar-refractivity contribution < 1.29 is 4.74 Å². The van der Waals surface area contributed by atoms with Crippen LogP contribution in [0.1, 0.15) is 0 Å². The summed E-state index contributed by atoms with van der Waals surface area (Å²) < 4.78 is 5.13. The smallest absolute Gasteiger partial charge is 0.215 e. The van der Waals surface area contributed by atoms with E-state index in [1.165, 1.54) is 5.39 Å². The molecule has 0 aliphatic heterocycles. The molecule has 0 radical (unpaired) electrons. The minimum absolute atomic E-state index is 0.579. The molecule has 4 heteroatoms. The van der Waals surface area contributed by atoms with Crippen molar-refractivity contribution >= 4 is 33.0 Å². The van der Waals surface area contributed by atoms with Crippen LogP contribution < -0.4 is 4.74 Å². The molecule has 0 atom stereocenters. The van der Waals surface area contributed by atoms with E-state index in [1.54, 1.807) is 7.11 Å². The molecule has 4 rings (SSSR count). The number of pyridine rings is 2. The predicted octanol–water partition coefficient (Wildman–Crippen LogP) is 3.27. The largest absolute Gasteiger partial charge is 0.481 e. The molecule has 3 heterocycles. The average molecular weight is 249 g/mol. The predicted molar refractivity (Wildman–Crippen MR) is 75.5 cm³/mol. The van der Waals surface area contributed by atoms with Crippen LogP contribution in [0.25, 0.3) is 33.0 Å². The van der Waals surface area contributed by atoms with Gasteiger partial charge in [-0.1, -0.05) is 18.2 Å². The van der Waals surface area contributed by atoms with Gasteiger partial charge in [-0.2, -0.15) is 4.98 Å². The molecule has 0 spiro atoms. The Kier molecular flexibility index (Phi) is 2.00. The molecule has 0 bridgehead atoms. The lowest BCUT2D eigenvalue weighted by Crippen LogP contribution is -1.90. The Hall–Kier alpha value is -2.62. The third kappa shape index (κ3) is 1.46. The second kappa shape index (κ2) is 3.68. The number of aromatic amines is 1. The van der Waals surface area contributed by atoms with Gasteiger partial charge in [0.2, 0.25) is 5.88 Å². The zero-order valence-corrected chi connectivity index (χ0v) is 10.3. The van der Waals surface area contributed by atoms with Gasteiger partial charge in [0.15, 0.2) is 5.65 Å². The van der Waals surface area contributed by atoms with Crippen LogP contribution in [0.2, 0.25) is 0 Å². The summed E-state index contributed by atoms with van der Waals surface area (Å²) in [7, 11) is 1.61. The van der Waals surface area contributed by atoms with Gasteiger partial charge in [-0.25, -0.2) is 4.98 Å². The fourth-order valence-electron chi connectivity index (χ4n) is 2.40. The lowest BCUT2D eigenvalue weighted by molar-refractivity contribution is 0.399. The monoisotopic (exact) mass is 249 g/mol. The highest BCUT2D eigenvalue weighted by Crippen LogP contribution is 2.27. The third-order valence-corrected chi connectivity index (χ3v) is 3.33. The van der Waals surface area contributed by atoms with E-state index in [9.17, 15) is 0 Å². The number of para-hydroxylation sites is 1. The van der Waals surface area contributed by atoms with Gasteiger partial charge < -0.3 is 9.72 Å². The number of aromatic nitrogens is 3. The first-order valence-electron chi connectivity index (χ1n) is 6.07. The molecule has 1 N–H and O–H groups in total. The Balaban J connectivity index is 2.15. The van der Waals surface area contributed by atoms with E-state index in [2.05, 4.69) is 33.2 Å². The maximum Gasteiger partial charge on any atom is 0.215 e. The Morgan fingerprint density at radius 2 is 1.89 bits per heavy atom. The molecule has 0 amide bonds. The molecule has 4 nitrogen and oxygen atoms in total. The molecule has 1 aromatic carbocycles. The van der Waals surface area contributed by atoms with Gasteiger partial charge in [-0.15, -0.1) is 0 Å². The topological polar surface area (TPSA) is 50.8 Å². The van der Waals surface area contributed by atoms with Crippen molar-refractivity contribution in [2.45, 2.75) is 0 Å². The molecule has 0 aliphatic carbocycles. The van der Waals surface area contributed by atoms with E-state index in [4.69, 9.17) is 4.74 Å². The highest BCUT2D eigenvalue weighted by Gasteiger charge is 2.07. The number of H-pyrrole nitrogens is 1. The van der Waals surface area contributed by atoms with Crippen LogP contribution >= 0.6 is 0 Å². The third-order valence-electron chi connectivity index (χ3n) is 3.33. The van der Waals surface area contributed by atoms with Crippen molar-refractivity contribution in [3.63, 3.8) is 0 Å². The average Bonchev–Trinajstić information content (AvgIpc) is 2.81. The molecule has 0 saturated carbocycles. The number of fused-ring (bicyclic) bond motifs is 4. The lowest BCUT2D eigenvalue weighted by atomic mass is 10.1. The number of ether oxygens (including phenoxy) is 1. The van der Waals surface area contributed by atoms with E-state index >= 15 is 0 Å². The molecule has 0 fully saturated rings. The number of hydrogen-bond donors (Lipinski definition) is 1. The van der Waals surface area contributed by atoms with Crippen molar-refractivity contribution in [1.82, 2.24) is 15.0 Å². The van der Waals surface area contributed by atoms with Crippen molar-refractivity contribution in [2.75, 3.05) is 7.11 Å². The van der Waals surface area contributed by atoms with E-state index < -0.39 is 0 Å². The zero-order valence-electron chi connectivity index (χ0n) is 10.3. The van der Waals surface area contributed by atoms with E-state index in [0.717, 1.165) is 21.9 Å². The Morgan fingerprint density at radius 3 is 2.79 bits per heavy atom. The Morgan fingerprint density at radius 1 is 1.00 bits per heavy atom. The van der Waals surface area contributed by atoms with Crippen LogP contribution in [0, 0.1) is 0 Å². The van der Waals surface area contributed by atoms with Crippen LogP contribution in [-0.4, -0.2) is 22.1 Å². The van der Waals surface area contributed by atoms with E-state index in [-0.39, 0.29) is 0 Å². The number of nitrogens with one attached hydrogen (secondary N) is 1. The first kappa shape index (κ1) is 10.3. The molecule has 0 saturated heterocycles. The van der Waals surface area contributed by atoms with Crippen LogP contribution in [0.4, 0.5) is 0 Å². The van der Waals surface area contributed by atoms with E-state index in [0.29, 0.717) is 11.5 Å². The summed E-state index contributed by atoms with van der Waals surface area (Å²) in [6.45, 7) is 0. The summed E-state index contributed by atoms with van der Waals surface area (Å²) in [6, 6.07) is 14.1. The second-order valence-electron chi connectivity index (χ2n) is 4.46. The van der Waals surface area contributed by atoms with Crippen LogP contribution in [-0.2, 0) is 0 Å². The molecular formula is C15H11N3O. The number of methoxy groups -OCH3 is 1. The second-order valence-corrected chi connectivity index (χ2v) is 4.46. The normalized spacial score (nSPS) is 11.4. The Bertz CT molecular complexity index is 911. The van der Waals surface area contributed by atoms with Crippen molar-refractivity contribution in [1.29, 1.82) is 0 Å². The quantitative estimate of drug-likeness (QED) is 0.563. The summed E-state index contributed by atoms with van der Waals surface area (Å²) >= 11 is 0. The highest BCUT2D eigenvalue weighted by atomic mass is 16.5. The summed E-state index contributed by atoms with van der Waals surface area (Å²) in [5.41, 5.74) is 2.64. The standard InChI is InChI=1S/C15H11N3O/c1-19-13-7-6-9-8-11-10-4-2-3-5-12(10)16-15(11)18-14(9)17-13/h2-8H,1H3,(H,16,17,18). The molecule has 4 aromatic rings. The van der Waals surface area contributed by atoms with Crippen LogP contribution in [0.3, 0.4) is 0 Å². The fraction of sp³-hybridized carbons (Fsp3) is 0.0667. The fourth-order valence-corrected chi connectivity index (χ4v) is 2.40. The number of hydrogen-bond acceptors (Lipinski definition) is 3. The van der Waals surface area contributed by atoms with Crippen molar-refractivity contribution in [3.05, 3.63) is 42.5 Å². The van der Waals surface area contributed by atoms with Crippen molar-refractivity contribution in [2.24, 2.45) is 0 Å². The summed E-state index contributed by atoms with van der Waals surface area (Å²) in [5.74, 6) is 0.579. The molecule has 92 valence electrons. The van der Waals surface area contributed by atoms with Crippen LogP contribution in [0.15, 0.2) is 42.5 Å². The SMILES string of the molecule is COc1ccc2cc3c(nc2n1)[nH]c1ccccc13. The molecule has 3 aromatic heterocycles. The van der Waals surface area contributed by atoms with E-state index in [1.807, 2.05) is 24.3 Å². The first-order valence-corrected chi connectivity index (χ1v) is 6.07. The Labute approximate surface area is 109 Å². The molecule has 0 aliphatic rings. The molecule has 19 heavy (non-hydrogen) atoms. The van der Waals surface area contributed by atoms with Gasteiger partial charge in [0.1, 0.15) is 5.65 Å². The first-order chi connectivity index (χ1) is 9.35. The van der Waals surface area contributed by atoms with Gasteiger partial charge in [0.25, 0.3) is 0 Å². The number of nitrogens with zero attached hydrogens (tertiary/aromatic N) is 2. The number of rotatable bonds is 1. The van der Waals surface area contributed by atoms with Crippen LogP contribution in [0.5, 0.6) is 5.88 Å². The minimum Gasteiger partial charge on any atom is -0.481 e. The van der Waals surface area contributed by atoms with Gasteiger partial charge in [0.05, 0.1) is 7.11 Å². The molecular weight excluding hydrogens is 238 g/mol. The summed E-state index contributed by atoms with van der Waals surface area (Å²) in [5, 5.41) is 3.32. The van der Waals surface area contributed by atoms with Gasteiger partial charge in [-0.3, -0.25) is 0 Å². The van der Waals surface area contributed by atoms with Crippen molar-refractivity contribution in [3.8, 4) is 5.88 Å². The minimum atomic E-state index is 0.579. The van der Waals surface area contributed by atoms with Gasteiger partial charge in [0, 0.05) is 27.7 Å². The van der Waals surface area contributed by atoms with Gasteiger partial charge >= 0.3 is 0 Å². The molecule has 0 unspecified atom stereocenters. The lowest BCUT2D eigenvalue weighted by Gasteiger charge is -2.00. The summed E-state index contributed by atoms with van der Waals surface area (Å²) in [6.07, 6.45) is 0. The number of benzene rings is 1. The zero-order chi connectivity index (χ0) is 12.8. The maximum absolute atomic E-state index is 5.13. The summed E-state index contributed by atoms with van der Waals surface area (Å²) in [4.78, 5) is 12.3. The maximum atomic E-state index is 5.13. The highest BCUT2D eigenvalue weighted by molar-refractivity contribution is 6.08. The van der Waals surface area contributed by atoms with Gasteiger partial charge in [-0.05, 0) is 18.2 Å².